The molecular formula is C17H20N2O4. The van der Waals surface area contributed by atoms with Crippen LogP contribution in [0.3, 0.4) is 0 Å². The monoisotopic (exact) mass is 316 g/mol. The van der Waals surface area contributed by atoms with Gasteiger partial charge in [-0.2, -0.15) is 0 Å². The molecule has 0 saturated heterocycles. The molecule has 0 aromatic heterocycles. The van der Waals surface area contributed by atoms with E-state index in [0.717, 1.165) is 11.1 Å². The molecule has 0 fully saturated rings. The van der Waals surface area contributed by atoms with Gasteiger partial charge in [0.1, 0.15) is 5.75 Å². The van der Waals surface area contributed by atoms with Crippen LogP contribution in [0.15, 0.2) is 36.4 Å². The topological polar surface area (TPSA) is 90.8 Å². The molecule has 0 radical (unpaired) electrons. The van der Waals surface area contributed by atoms with Gasteiger partial charge >= 0.3 is 6.03 Å². The molecule has 122 valence electrons. The Balaban J connectivity index is 1.88. The van der Waals surface area contributed by atoms with Gasteiger partial charge in [-0.25, -0.2) is 4.79 Å². The van der Waals surface area contributed by atoms with Gasteiger partial charge in [-0.15, -0.1) is 0 Å². The Bertz CT molecular complexity index is 701. The zero-order valence-corrected chi connectivity index (χ0v) is 13.1. The Morgan fingerprint density at radius 2 is 1.91 bits per heavy atom. The summed E-state index contributed by atoms with van der Waals surface area (Å²) in [6.07, 6.45) is 0.534. The highest BCUT2D eigenvalue weighted by molar-refractivity contribution is 5.91. The molecule has 6 nitrogen and oxygen atoms in total. The molecule has 0 aliphatic carbocycles. The van der Waals surface area contributed by atoms with Crippen LogP contribution < -0.4 is 15.4 Å². The van der Waals surface area contributed by atoms with E-state index < -0.39 is 0 Å². The molecule has 2 aromatic rings. The van der Waals surface area contributed by atoms with Crippen molar-refractivity contribution >= 4 is 11.7 Å². The van der Waals surface area contributed by atoms with Crippen LogP contribution in [0, 0.1) is 6.92 Å². The van der Waals surface area contributed by atoms with Gasteiger partial charge in [0.05, 0.1) is 12.8 Å². The maximum atomic E-state index is 11.9. The van der Waals surface area contributed by atoms with Crippen LogP contribution >= 0.6 is 0 Å². The summed E-state index contributed by atoms with van der Waals surface area (Å²) in [4.78, 5) is 11.9. The van der Waals surface area contributed by atoms with Crippen LogP contribution in [0.25, 0.3) is 0 Å². The highest BCUT2D eigenvalue weighted by Gasteiger charge is 2.07. The Morgan fingerprint density at radius 1 is 1.13 bits per heavy atom. The molecule has 0 unspecified atom stereocenters. The van der Waals surface area contributed by atoms with Crippen molar-refractivity contribution in [3.63, 3.8) is 0 Å². The van der Waals surface area contributed by atoms with Crippen LogP contribution in [0.4, 0.5) is 10.5 Å². The molecule has 2 rings (SSSR count). The summed E-state index contributed by atoms with van der Waals surface area (Å²) in [6.45, 7) is 2.32. The number of phenolic OH excluding ortho intramolecular Hbond substituents is 2. The van der Waals surface area contributed by atoms with Crippen molar-refractivity contribution in [2.45, 2.75) is 13.3 Å². The number of urea groups is 1. The van der Waals surface area contributed by atoms with Crippen LogP contribution in [0.1, 0.15) is 11.1 Å². The molecule has 23 heavy (non-hydrogen) atoms. The minimum Gasteiger partial charge on any atom is -0.504 e. The lowest BCUT2D eigenvalue weighted by atomic mass is 10.1. The average Bonchev–Trinajstić information content (AvgIpc) is 2.51. The summed E-state index contributed by atoms with van der Waals surface area (Å²) in [5.74, 6) is 0.261. The van der Waals surface area contributed by atoms with Crippen molar-refractivity contribution in [1.29, 1.82) is 0 Å². The van der Waals surface area contributed by atoms with Gasteiger partial charge in [0.25, 0.3) is 0 Å². The minimum absolute atomic E-state index is 0.161. The Kier molecular flexibility index (Phi) is 5.30. The Morgan fingerprint density at radius 3 is 2.61 bits per heavy atom. The number of amides is 2. The van der Waals surface area contributed by atoms with E-state index in [4.69, 9.17) is 4.74 Å². The number of methoxy groups -OCH3 is 1. The fourth-order valence-electron chi connectivity index (χ4n) is 2.13. The molecule has 0 aliphatic rings. The molecule has 0 atom stereocenters. The highest BCUT2D eigenvalue weighted by Crippen LogP contribution is 2.25. The second-order valence-corrected chi connectivity index (χ2v) is 5.16. The quantitative estimate of drug-likeness (QED) is 0.638. The number of hydrogen-bond donors (Lipinski definition) is 4. The molecular weight excluding hydrogens is 296 g/mol. The first-order valence-corrected chi connectivity index (χ1v) is 7.20. The lowest BCUT2D eigenvalue weighted by Crippen LogP contribution is -2.30. The number of aromatic hydroxyl groups is 2. The standard InChI is InChI=1S/C17H20N2O4/c1-11-3-6-16(23-2)13(9-11)19-17(22)18-8-7-12-4-5-14(20)15(21)10-12/h3-6,9-10,20-21H,7-8H2,1-2H3,(H2,18,19,22). The lowest BCUT2D eigenvalue weighted by molar-refractivity contribution is 0.252. The minimum atomic E-state index is -0.336. The van der Waals surface area contributed by atoms with Crippen molar-refractivity contribution in [1.82, 2.24) is 5.32 Å². The van der Waals surface area contributed by atoms with Crippen LogP contribution in [0.5, 0.6) is 17.2 Å². The van der Waals surface area contributed by atoms with E-state index in [2.05, 4.69) is 10.6 Å². The molecule has 4 N–H and O–H groups in total. The van der Waals surface area contributed by atoms with Crippen molar-refractivity contribution in [2.24, 2.45) is 0 Å². The number of ether oxygens (including phenoxy) is 1. The van der Waals surface area contributed by atoms with E-state index in [-0.39, 0.29) is 17.5 Å². The fourth-order valence-corrected chi connectivity index (χ4v) is 2.13. The number of carbonyl (C=O) groups excluding carboxylic acids is 1. The molecule has 0 heterocycles. The van der Waals surface area contributed by atoms with Gasteiger partial charge in [0.15, 0.2) is 11.5 Å². The number of rotatable bonds is 5. The molecule has 6 heteroatoms. The smallest absolute Gasteiger partial charge is 0.319 e. The number of hydrogen-bond acceptors (Lipinski definition) is 4. The molecule has 0 saturated carbocycles. The molecule has 0 aliphatic heterocycles. The highest BCUT2D eigenvalue weighted by atomic mass is 16.5. The van der Waals surface area contributed by atoms with Gasteiger partial charge in [0, 0.05) is 6.54 Å². The molecule has 0 spiro atoms. The predicted octanol–water partition coefficient (Wildman–Crippen LogP) is 2.78. The van der Waals surface area contributed by atoms with Crippen molar-refractivity contribution < 1.29 is 19.7 Å². The molecule has 0 bridgehead atoms. The number of phenols is 2. The van der Waals surface area contributed by atoms with Crippen LogP contribution in [-0.4, -0.2) is 29.9 Å². The second-order valence-electron chi connectivity index (χ2n) is 5.16. The predicted molar refractivity (Wildman–Crippen MR) is 88.2 cm³/mol. The van der Waals surface area contributed by atoms with E-state index in [0.29, 0.717) is 24.4 Å². The fraction of sp³-hybridized carbons (Fsp3) is 0.235. The first-order valence-electron chi connectivity index (χ1n) is 7.20. The van der Waals surface area contributed by atoms with Gasteiger partial charge in [0.2, 0.25) is 0 Å². The summed E-state index contributed by atoms with van der Waals surface area (Å²) in [5, 5.41) is 24.2. The van der Waals surface area contributed by atoms with Crippen LogP contribution in [-0.2, 0) is 6.42 Å². The Hall–Kier alpha value is -2.89. The number of benzene rings is 2. The number of nitrogens with one attached hydrogen (secondary N) is 2. The number of aryl methyl sites for hydroxylation is 1. The zero-order valence-electron chi connectivity index (χ0n) is 13.1. The van der Waals surface area contributed by atoms with Crippen molar-refractivity contribution in [3.8, 4) is 17.2 Å². The van der Waals surface area contributed by atoms with Gasteiger partial charge in [-0.3, -0.25) is 0 Å². The summed E-state index contributed by atoms with van der Waals surface area (Å²) in [5.41, 5.74) is 2.43. The van der Waals surface area contributed by atoms with Crippen molar-refractivity contribution in [3.05, 3.63) is 47.5 Å². The maximum absolute atomic E-state index is 11.9. The number of anilines is 1. The first-order chi connectivity index (χ1) is 11.0. The lowest BCUT2D eigenvalue weighted by Gasteiger charge is -2.12. The second kappa shape index (κ2) is 7.40. The van der Waals surface area contributed by atoms with E-state index in [1.54, 1.807) is 19.2 Å². The SMILES string of the molecule is COc1ccc(C)cc1NC(=O)NCCc1ccc(O)c(O)c1. The summed E-state index contributed by atoms with van der Waals surface area (Å²) in [6, 6.07) is 9.77. The van der Waals surface area contributed by atoms with Crippen LogP contribution in [0.2, 0.25) is 0 Å². The van der Waals surface area contributed by atoms with E-state index >= 15 is 0 Å². The molecule has 2 amide bonds. The third-order valence-corrected chi connectivity index (χ3v) is 3.34. The number of carbonyl (C=O) groups is 1. The average molecular weight is 316 g/mol. The normalized spacial score (nSPS) is 10.2. The van der Waals surface area contributed by atoms with Gasteiger partial charge in [-0.05, 0) is 48.7 Å². The van der Waals surface area contributed by atoms with Crippen molar-refractivity contribution in [2.75, 3.05) is 19.0 Å². The molecule has 2 aromatic carbocycles. The summed E-state index contributed by atoms with van der Waals surface area (Å²) < 4.78 is 5.21. The van der Waals surface area contributed by atoms with E-state index in [9.17, 15) is 15.0 Å². The van der Waals surface area contributed by atoms with E-state index in [1.807, 2.05) is 19.1 Å². The van der Waals surface area contributed by atoms with Gasteiger partial charge in [-0.1, -0.05) is 12.1 Å². The maximum Gasteiger partial charge on any atom is 0.319 e. The third kappa shape index (κ3) is 4.54. The zero-order chi connectivity index (χ0) is 16.8. The largest absolute Gasteiger partial charge is 0.504 e. The summed E-state index contributed by atoms with van der Waals surface area (Å²) in [7, 11) is 1.55. The third-order valence-electron chi connectivity index (χ3n) is 3.34. The first kappa shape index (κ1) is 16.5. The Labute approximate surface area is 134 Å². The van der Waals surface area contributed by atoms with E-state index in [1.165, 1.54) is 12.1 Å². The van der Waals surface area contributed by atoms with Gasteiger partial charge < -0.3 is 25.6 Å². The summed E-state index contributed by atoms with van der Waals surface area (Å²) >= 11 is 0.